The normalized spacial score (nSPS) is 31.4. The third kappa shape index (κ3) is 5.01. The van der Waals surface area contributed by atoms with Gasteiger partial charge in [0.15, 0.2) is 0 Å². The number of amides is 1. The maximum absolute atomic E-state index is 13.6. The lowest BCUT2D eigenvalue weighted by atomic mass is 9.57. The molecule has 7 heteroatoms. The van der Waals surface area contributed by atoms with Crippen molar-refractivity contribution in [2.24, 2.45) is 29.6 Å². The van der Waals surface area contributed by atoms with E-state index in [0.29, 0.717) is 18.4 Å². The first-order valence-electron chi connectivity index (χ1n) is 13.0. The van der Waals surface area contributed by atoms with Crippen molar-refractivity contribution in [3.8, 4) is 11.1 Å². The molecular weight excluding hydrogens is 459 g/mol. The summed E-state index contributed by atoms with van der Waals surface area (Å²) >= 11 is 0. The van der Waals surface area contributed by atoms with Gasteiger partial charge in [0.1, 0.15) is 11.9 Å². The summed E-state index contributed by atoms with van der Waals surface area (Å²) in [6.45, 7) is 4.15. The van der Waals surface area contributed by atoms with Crippen LogP contribution in [0.15, 0.2) is 48.7 Å². The average molecular weight is 493 g/mol. The third-order valence-corrected chi connectivity index (χ3v) is 8.18. The Hall–Kier alpha value is -3.22. The van der Waals surface area contributed by atoms with Gasteiger partial charge in [-0.2, -0.15) is 0 Å². The van der Waals surface area contributed by atoms with Crippen LogP contribution in [-0.2, 0) is 14.3 Å². The molecule has 1 N–H and O–H groups in total. The number of alkyl carbamates (subject to hydrolysis) is 1. The maximum Gasteiger partial charge on any atom is 0.407 e. The molecule has 2 aromatic rings. The Morgan fingerprint density at radius 3 is 2.83 bits per heavy atom. The van der Waals surface area contributed by atoms with E-state index in [1.165, 1.54) is 12.1 Å². The Kier molecular flexibility index (Phi) is 7.08. The molecule has 0 radical (unpaired) electrons. The minimum atomic E-state index is -0.368. The van der Waals surface area contributed by atoms with Crippen molar-refractivity contribution in [1.82, 2.24) is 10.3 Å². The van der Waals surface area contributed by atoms with Crippen LogP contribution >= 0.6 is 0 Å². The first-order chi connectivity index (χ1) is 17.4. The number of nitrogens with zero attached hydrogens (tertiary/aromatic N) is 1. The van der Waals surface area contributed by atoms with Gasteiger partial charge in [-0.15, -0.1) is 0 Å². The number of carbonyl (C=O) groups is 2. The zero-order valence-electron chi connectivity index (χ0n) is 20.7. The van der Waals surface area contributed by atoms with E-state index in [1.807, 2.05) is 31.2 Å². The second-order valence-corrected chi connectivity index (χ2v) is 10.3. The van der Waals surface area contributed by atoms with Crippen LogP contribution in [0.4, 0.5) is 9.18 Å². The van der Waals surface area contributed by atoms with Gasteiger partial charge >= 0.3 is 12.1 Å². The Bertz CT molecular complexity index is 1130. The first-order valence-corrected chi connectivity index (χ1v) is 13.0. The molecule has 2 heterocycles. The first kappa shape index (κ1) is 24.5. The molecule has 7 atom stereocenters. The summed E-state index contributed by atoms with van der Waals surface area (Å²) in [6, 6.07) is 10.4. The van der Waals surface area contributed by atoms with E-state index in [2.05, 4.69) is 16.4 Å². The van der Waals surface area contributed by atoms with E-state index < -0.39 is 0 Å². The van der Waals surface area contributed by atoms with E-state index >= 15 is 0 Å². The molecule has 0 unspecified atom stereocenters. The predicted molar refractivity (Wildman–Crippen MR) is 134 cm³/mol. The number of allylic oxidation sites excluding steroid dienone is 1. The van der Waals surface area contributed by atoms with E-state index in [1.54, 1.807) is 19.2 Å². The van der Waals surface area contributed by atoms with Gasteiger partial charge in [0.25, 0.3) is 0 Å². The highest BCUT2D eigenvalue weighted by Gasteiger charge is 2.54. The van der Waals surface area contributed by atoms with Gasteiger partial charge in [-0.3, -0.25) is 9.78 Å². The van der Waals surface area contributed by atoms with Crippen molar-refractivity contribution < 1.29 is 23.5 Å². The van der Waals surface area contributed by atoms with Gasteiger partial charge < -0.3 is 14.8 Å². The molecule has 36 heavy (non-hydrogen) atoms. The summed E-state index contributed by atoms with van der Waals surface area (Å²) in [5, 5.41) is 3.00. The highest BCUT2D eigenvalue weighted by molar-refractivity contribution is 5.75. The van der Waals surface area contributed by atoms with Crippen molar-refractivity contribution in [1.29, 1.82) is 0 Å². The van der Waals surface area contributed by atoms with Crippen LogP contribution in [0.5, 0.6) is 0 Å². The molecule has 2 aliphatic carbocycles. The molecule has 0 bridgehead atoms. The topological polar surface area (TPSA) is 77.5 Å². The van der Waals surface area contributed by atoms with Crippen molar-refractivity contribution in [2.75, 3.05) is 6.61 Å². The molecule has 190 valence electrons. The van der Waals surface area contributed by atoms with E-state index in [0.717, 1.165) is 42.5 Å². The average Bonchev–Trinajstić information content (AvgIpc) is 3.15. The number of ether oxygens (including phenoxy) is 2. The lowest BCUT2D eigenvalue weighted by Gasteiger charge is -2.47. The van der Waals surface area contributed by atoms with Crippen molar-refractivity contribution >= 4 is 18.1 Å². The van der Waals surface area contributed by atoms with Gasteiger partial charge in [-0.1, -0.05) is 24.3 Å². The highest BCUT2D eigenvalue weighted by atomic mass is 19.1. The van der Waals surface area contributed by atoms with E-state index in [-0.39, 0.29) is 47.8 Å². The number of hydrogen-bond donors (Lipinski definition) is 1. The molecule has 6 nitrogen and oxygen atoms in total. The molecule has 1 aromatic heterocycles. The number of esters is 1. The van der Waals surface area contributed by atoms with Crippen LogP contribution in [-0.4, -0.2) is 35.8 Å². The Morgan fingerprint density at radius 2 is 2.08 bits per heavy atom. The zero-order valence-corrected chi connectivity index (χ0v) is 20.7. The molecule has 3 aliphatic rings. The van der Waals surface area contributed by atoms with Crippen LogP contribution in [0.2, 0.25) is 0 Å². The van der Waals surface area contributed by atoms with Crippen LogP contribution in [0.1, 0.15) is 45.2 Å². The number of halogens is 1. The second kappa shape index (κ2) is 10.4. The van der Waals surface area contributed by atoms with E-state index in [9.17, 15) is 14.0 Å². The molecule has 1 amide bonds. The summed E-state index contributed by atoms with van der Waals surface area (Å²) < 4.78 is 24.3. The molecule has 1 aromatic carbocycles. The molecule has 1 saturated heterocycles. The fourth-order valence-corrected chi connectivity index (χ4v) is 6.64. The summed E-state index contributed by atoms with van der Waals surface area (Å²) in [7, 11) is 0. The number of nitrogens with one attached hydrogen (secondary N) is 1. The number of aromatic nitrogens is 1. The molecule has 0 spiro atoms. The Morgan fingerprint density at radius 1 is 1.22 bits per heavy atom. The minimum absolute atomic E-state index is 0.0679. The van der Waals surface area contributed by atoms with Crippen LogP contribution < -0.4 is 5.32 Å². The van der Waals surface area contributed by atoms with E-state index in [4.69, 9.17) is 9.47 Å². The highest BCUT2D eigenvalue weighted by Crippen LogP contribution is 2.53. The second-order valence-electron chi connectivity index (χ2n) is 10.3. The lowest BCUT2D eigenvalue weighted by molar-refractivity contribution is -0.144. The lowest BCUT2D eigenvalue weighted by Crippen LogP contribution is -2.48. The van der Waals surface area contributed by atoms with Gasteiger partial charge in [0.05, 0.1) is 18.2 Å². The Labute approximate surface area is 211 Å². The number of cyclic esters (lactones) is 1. The quantitative estimate of drug-likeness (QED) is 0.548. The van der Waals surface area contributed by atoms with Crippen LogP contribution in [0, 0.1) is 35.4 Å². The monoisotopic (exact) mass is 492 g/mol. The fraction of sp³-hybridized carbons (Fsp3) is 0.483. The molecule has 2 saturated carbocycles. The summed E-state index contributed by atoms with van der Waals surface area (Å²) in [6.07, 6.45) is 9.07. The van der Waals surface area contributed by atoms with Gasteiger partial charge in [0.2, 0.25) is 0 Å². The Balaban J connectivity index is 1.34. The minimum Gasteiger partial charge on any atom is -0.462 e. The van der Waals surface area contributed by atoms with Crippen molar-refractivity contribution in [3.63, 3.8) is 0 Å². The molecule has 5 rings (SSSR count). The number of fused-ring (bicyclic) bond motifs is 2. The smallest absolute Gasteiger partial charge is 0.407 e. The zero-order chi connectivity index (χ0) is 25.2. The maximum atomic E-state index is 13.6. The number of hydrogen-bond acceptors (Lipinski definition) is 5. The standard InChI is InChI=1S/C29H33FN2O4/c1-3-35-29(34)32-23-10-11-24-20(14-23)15-26-27(17(2)36-28(26)33)25(24)12-9-22-8-7-19(16-31-22)18-5-4-6-21(30)13-18/h4-9,12-13,16-17,20,23-27H,3,10-11,14-15H2,1-2H3,(H,32,34)/b12-9+/t17-,20-,23-,24-,25+,26-,27-/m1/s1. The summed E-state index contributed by atoms with van der Waals surface area (Å²) in [5.74, 6) is 0.629. The van der Waals surface area contributed by atoms with Crippen molar-refractivity contribution in [3.05, 3.63) is 60.2 Å². The third-order valence-electron chi connectivity index (χ3n) is 8.18. The molecule has 3 fully saturated rings. The van der Waals surface area contributed by atoms with Crippen LogP contribution in [0.25, 0.3) is 17.2 Å². The van der Waals surface area contributed by atoms with Gasteiger partial charge in [-0.25, -0.2) is 9.18 Å². The summed E-state index contributed by atoms with van der Waals surface area (Å²) in [4.78, 5) is 29.2. The van der Waals surface area contributed by atoms with Crippen LogP contribution in [0.3, 0.4) is 0 Å². The SMILES string of the molecule is CCOC(=O)N[C@@H]1CC[C@@H]2[C@H](C1)C[C@H]1C(=O)O[C@H](C)[C@@H]1[C@H]2/C=C/c1ccc(-c2cccc(F)c2)cn1. The largest absolute Gasteiger partial charge is 0.462 e. The number of carbonyl (C=O) groups excluding carboxylic acids is 2. The molecule has 1 aliphatic heterocycles. The van der Waals surface area contributed by atoms with Gasteiger partial charge in [-0.05, 0) is 87.1 Å². The fourth-order valence-electron chi connectivity index (χ4n) is 6.64. The molecular formula is C29H33FN2O4. The number of pyridine rings is 1. The number of rotatable bonds is 5. The number of benzene rings is 1. The van der Waals surface area contributed by atoms with Gasteiger partial charge in [0, 0.05) is 23.7 Å². The predicted octanol–water partition coefficient (Wildman–Crippen LogP) is 5.63. The summed E-state index contributed by atoms with van der Waals surface area (Å²) in [5.41, 5.74) is 2.48. The van der Waals surface area contributed by atoms with Crippen molar-refractivity contribution in [2.45, 2.75) is 51.7 Å².